The Morgan fingerprint density at radius 3 is 2.32 bits per heavy atom. The SMILES string of the molecule is CC1CCNC1.CCCCCC(CCC)(C(=O)OC)c1ccccc1. The molecular weight excluding hydrogens is 310 g/mol. The highest BCUT2D eigenvalue weighted by atomic mass is 16.5. The van der Waals surface area contributed by atoms with Crippen LogP contribution in [0.25, 0.3) is 0 Å². The zero-order chi connectivity index (χ0) is 18.5. The first-order chi connectivity index (χ1) is 12.1. The molecule has 0 aromatic heterocycles. The second-order valence-corrected chi connectivity index (χ2v) is 7.24. The fourth-order valence-corrected chi connectivity index (χ4v) is 3.59. The van der Waals surface area contributed by atoms with Gasteiger partial charge in [-0.05, 0) is 43.8 Å². The summed E-state index contributed by atoms with van der Waals surface area (Å²) in [7, 11) is 1.50. The summed E-state index contributed by atoms with van der Waals surface area (Å²) in [5.74, 6) is 0.849. The lowest BCUT2D eigenvalue weighted by Gasteiger charge is -2.31. The van der Waals surface area contributed by atoms with Crippen molar-refractivity contribution in [2.45, 2.75) is 71.1 Å². The van der Waals surface area contributed by atoms with E-state index in [1.807, 2.05) is 18.2 Å². The number of carbonyl (C=O) groups excluding carboxylic acids is 1. The van der Waals surface area contributed by atoms with E-state index in [-0.39, 0.29) is 5.97 Å². The number of unbranched alkanes of at least 4 members (excludes halogenated alkanes) is 2. The van der Waals surface area contributed by atoms with Crippen molar-refractivity contribution in [2.75, 3.05) is 20.2 Å². The summed E-state index contributed by atoms with van der Waals surface area (Å²) in [4.78, 5) is 12.4. The number of hydrogen-bond donors (Lipinski definition) is 1. The van der Waals surface area contributed by atoms with Crippen LogP contribution in [-0.2, 0) is 14.9 Å². The lowest BCUT2D eigenvalue weighted by atomic mass is 9.73. The molecule has 1 aromatic rings. The number of ether oxygens (including phenoxy) is 1. The van der Waals surface area contributed by atoms with E-state index in [0.717, 1.165) is 50.0 Å². The van der Waals surface area contributed by atoms with Gasteiger partial charge in [-0.1, -0.05) is 76.8 Å². The molecule has 0 spiro atoms. The van der Waals surface area contributed by atoms with Crippen LogP contribution in [0.15, 0.2) is 30.3 Å². The van der Waals surface area contributed by atoms with Crippen molar-refractivity contribution in [3.63, 3.8) is 0 Å². The molecule has 3 nitrogen and oxygen atoms in total. The van der Waals surface area contributed by atoms with Crippen LogP contribution in [0.1, 0.15) is 71.3 Å². The summed E-state index contributed by atoms with van der Waals surface area (Å²) in [6, 6.07) is 10.1. The van der Waals surface area contributed by atoms with E-state index in [0.29, 0.717) is 0 Å². The number of nitrogens with one attached hydrogen (secondary N) is 1. The number of benzene rings is 1. The van der Waals surface area contributed by atoms with Gasteiger partial charge in [0.05, 0.1) is 12.5 Å². The van der Waals surface area contributed by atoms with Gasteiger partial charge in [-0.25, -0.2) is 0 Å². The summed E-state index contributed by atoms with van der Waals surface area (Å²) < 4.78 is 5.11. The number of rotatable bonds is 8. The predicted molar refractivity (Wildman–Crippen MR) is 106 cm³/mol. The predicted octanol–water partition coefficient (Wildman–Crippen LogP) is 5.09. The second kappa shape index (κ2) is 12.1. The highest BCUT2D eigenvalue weighted by molar-refractivity contribution is 5.83. The van der Waals surface area contributed by atoms with E-state index in [4.69, 9.17) is 4.74 Å². The number of carbonyl (C=O) groups is 1. The molecule has 0 aliphatic carbocycles. The molecule has 25 heavy (non-hydrogen) atoms. The standard InChI is InChI=1S/C17H26O2.C5H11N/c1-4-6-10-14-17(13-5-2,16(18)19-3)15-11-8-7-9-12-15;1-5-2-3-6-4-5/h7-9,11-12H,4-6,10,13-14H2,1-3H3;5-6H,2-4H2,1H3. The Labute approximate surface area is 154 Å². The first-order valence-corrected chi connectivity index (χ1v) is 9.95. The molecule has 0 amide bonds. The Morgan fingerprint density at radius 2 is 1.88 bits per heavy atom. The molecule has 2 unspecified atom stereocenters. The van der Waals surface area contributed by atoms with Crippen LogP contribution in [-0.4, -0.2) is 26.2 Å². The third kappa shape index (κ3) is 6.81. The number of methoxy groups -OCH3 is 1. The van der Waals surface area contributed by atoms with E-state index >= 15 is 0 Å². The average Bonchev–Trinajstić information content (AvgIpc) is 3.12. The van der Waals surface area contributed by atoms with Crippen LogP contribution in [0.3, 0.4) is 0 Å². The molecule has 2 atom stereocenters. The van der Waals surface area contributed by atoms with Gasteiger partial charge in [-0.15, -0.1) is 0 Å². The van der Waals surface area contributed by atoms with Gasteiger partial charge in [-0.3, -0.25) is 4.79 Å². The smallest absolute Gasteiger partial charge is 0.316 e. The van der Waals surface area contributed by atoms with E-state index in [2.05, 4.69) is 38.2 Å². The first-order valence-electron chi connectivity index (χ1n) is 9.95. The number of esters is 1. The Morgan fingerprint density at radius 1 is 1.16 bits per heavy atom. The van der Waals surface area contributed by atoms with Gasteiger partial charge in [0.15, 0.2) is 0 Å². The minimum absolute atomic E-state index is 0.0864. The summed E-state index contributed by atoms with van der Waals surface area (Å²) >= 11 is 0. The molecule has 1 heterocycles. The summed E-state index contributed by atoms with van der Waals surface area (Å²) in [5, 5.41) is 3.27. The van der Waals surface area contributed by atoms with Crippen LogP contribution in [0, 0.1) is 5.92 Å². The van der Waals surface area contributed by atoms with Crippen molar-refractivity contribution < 1.29 is 9.53 Å². The van der Waals surface area contributed by atoms with Crippen LogP contribution >= 0.6 is 0 Å². The lowest BCUT2D eigenvalue weighted by molar-refractivity contribution is -0.148. The van der Waals surface area contributed by atoms with E-state index in [1.165, 1.54) is 26.6 Å². The van der Waals surface area contributed by atoms with Crippen LogP contribution in [0.4, 0.5) is 0 Å². The Bertz CT molecular complexity index is 468. The van der Waals surface area contributed by atoms with Crippen LogP contribution < -0.4 is 5.32 Å². The largest absolute Gasteiger partial charge is 0.468 e. The first kappa shape index (κ1) is 21.7. The van der Waals surface area contributed by atoms with Gasteiger partial charge in [-0.2, -0.15) is 0 Å². The molecule has 1 aliphatic rings. The van der Waals surface area contributed by atoms with Gasteiger partial charge in [0.2, 0.25) is 0 Å². The summed E-state index contributed by atoms with van der Waals surface area (Å²) in [6.45, 7) is 9.06. The van der Waals surface area contributed by atoms with Gasteiger partial charge in [0.1, 0.15) is 0 Å². The maximum absolute atomic E-state index is 12.4. The topological polar surface area (TPSA) is 38.3 Å². The quantitative estimate of drug-likeness (QED) is 0.525. The molecular formula is C22H37NO2. The summed E-state index contributed by atoms with van der Waals surface area (Å²) in [6.07, 6.45) is 7.49. The zero-order valence-corrected chi connectivity index (χ0v) is 16.6. The third-order valence-corrected chi connectivity index (χ3v) is 5.09. The fraction of sp³-hybridized carbons (Fsp3) is 0.682. The second-order valence-electron chi connectivity index (χ2n) is 7.24. The molecule has 0 radical (unpaired) electrons. The molecule has 142 valence electrons. The number of hydrogen-bond acceptors (Lipinski definition) is 3. The van der Waals surface area contributed by atoms with Crippen LogP contribution in [0.2, 0.25) is 0 Å². The summed E-state index contributed by atoms with van der Waals surface area (Å²) in [5.41, 5.74) is 0.639. The average molecular weight is 348 g/mol. The highest BCUT2D eigenvalue weighted by Crippen LogP contribution is 2.36. The van der Waals surface area contributed by atoms with Gasteiger partial charge in [0, 0.05) is 0 Å². The molecule has 0 saturated carbocycles. The van der Waals surface area contributed by atoms with E-state index < -0.39 is 5.41 Å². The molecule has 1 fully saturated rings. The van der Waals surface area contributed by atoms with Crippen molar-refractivity contribution in [1.29, 1.82) is 0 Å². The zero-order valence-electron chi connectivity index (χ0n) is 16.6. The molecule has 1 aliphatic heterocycles. The van der Waals surface area contributed by atoms with E-state index in [1.54, 1.807) is 0 Å². The van der Waals surface area contributed by atoms with Crippen molar-refractivity contribution in [2.24, 2.45) is 5.92 Å². The highest BCUT2D eigenvalue weighted by Gasteiger charge is 2.39. The van der Waals surface area contributed by atoms with Crippen molar-refractivity contribution >= 4 is 5.97 Å². The maximum atomic E-state index is 12.4. The molecule has 1 N–H and O–H groups in total. The lowest BCUT2D eigenvalue weighted by Crippen LogP contribution is -2.37. The molecule has 3 heteroatoms. The van der Waals surface area contributed by atoms with Gasteiger partial charge >= 0.3 is 5.97 Å². The van der Waals surface area contributed by atoms with Gasteiger partial charge < -0.3 is 10.1 Å². The van der Waals surface area contributed by atoms with Crippen molar-refractivity contribution in [1.82, 2.24) is 5.32 Å². The van der Waals surface area contributed by atoms with Crippen LogP contribution in [0.5, 0.6) is 0 Å². The third-order valence-electron chi connectivity index (χ3n) is 5.09. The minimum Gasteiger partial charge on any atom is -0.468 e. The molecule has 1 saturated heterocycles. The van der Waals surface area contributed by atoms with E-state index in [9.17, 15) is 4.79 Å². The van der Waals surface area contributed by atoms with Crippen molar-refractivity contribution in [3.05, 3.63) is 35.9 Å². The molecule has 2 rings (SSSR count). The van der Waals surface area contributed by atoms with Gasteiger partial charge in [0.25, 0.3) is 0 Å². The molecule has 1 aromatic carbocycles. The molecule has 0 bridgehead atoms. The van der Waals surface area contributed by atoms with Crippen molar-refractivity contribution in [3.8, 4) is 0 Å². The normalized spacial score (nSPS) is 18.8. The Balaban J connectivity index is 0.000000435. The Kier molecular flexibility index (Phi) is 10.5. The fourth-order valence-electron chi connectivity index (χ4n) is 3.59. The minimum atomic E-state index is -0.458. The maximum Gasteiger partial charge on any atom is 0.316 e. The monoisotopic (exact) mass is 347 g/mol. The Hall–Kier alpha value is -1.35.